The van der Waals surface area contributed by atoms with E-state index in [0.717, 1.165) is 17.8 Å². The number of carbonyl (C=O) groups excluding carboxylic acids is 3. The molecule has 2 heterocycles. The van der Waals surface area contributed by atoms with Crippen LogP contribution in [-0.2, 0) is 18.6 Å². The molecule has 2 aromatic rings. The summed E-state index contributed by atoms with van der Waals surface area (Å²) in [5.74, 6) is -2.42. The van der Waals surface area contributed by atoms with Crippen molar-refractivity contribution < 1.29 is 37.5 Å². The average Bonchev–Trinajstić information content (AvgIpc) is 3.35. The zero-order valence-corrected chi connectivity index (χ0v) is 21.4. The van der Waals surface area contributed by atoms with Crippen LogP contribution in [0, 0.1) is 5.82 Å². The SMILES string of the molecule is CCCCOP(=O)(O)CC(NC(=O)c1csc(-c2ccc(F)cc2)n1)C(=O)OC(=O)N1CCNCC1. The van der Waals surface area contributed by atoms with Gasteiger partial charge in [0.05, 0.1) is 12.8 Å². The summed E-state index contributed by atoms with van der Waals surface area (Å²) in [6.07, 6.45) is -0.446. The van der Waals surface area contributed by atoms with E-state index in [4.69, 9.17) is 9.26 Å². The Labute approximate surface area is 211 Å². The van der Waals surface area contributed by atoms with Gasteiger partial charge in [-0.25, -0.2) is 19.0 Å². The van der Waals surface area contributed by atoms with Crippen LogP contribution in [0.25, 0.3) is 10.6 Å². The molecule has 1 aromatic heterocycles. The first-order valence-corrected chi connectivity index (χ1v) is 14.0. The lowest BCUT2D eigenvalue weighted by molar-refractivity contribution is -0.140. The van der Waals surface area contributed by atoms with Crippen molar-refractivity contribution in [3.8, 4) is 10.6 Å². The van der Waals surface area contributed by atoms with Gasteiger partial charge in [-0.05, 0) is 30.7 Å². The van der Waals surface area contributed by atoms with E-state index in [1.807, 2.05) is 6.92 Å². The van der Waals surface area contributed by atoms with Crippen molar-refractivity contribution in [3.63, 3.8) is 0 Å². The predicted molar refractivity (Wildman–Crippen MR) is 130 cm³/mol. The zero-order valence-electron chi connectivity index (χ0n) is 19.6. The molecule has 14 heteroatoms. The van der Waals surface area contributed by atoms with E-state index >= 15 is 0 Å². The Kier molecular flexibility index (Phi) is 10.1. The van der Waals surface area contributed by atoms with Gasteiger partial charge in [-0.2, -0.15) is 0 Å². The molecule has 0 aliphatic carbocycles. The molecule has 196 valence electrons. The van der Waals surface area contributed by atoms with E-state index in [9.17, 15) is 28.2 Å². The normalized spacial score (nSPS) is 16.1. The Hall–Kier alpha value is -2.70. The summed E-state index contributed by atoms with van der Waals surface area (Å²) in [5.41, 5.74) is 0.521. The number of ether oxygens (including phenoxy) is 1. The maximum atomic E-state index is 13.2. The van der Waals surface area contributed by atoms with Gasteiger partial charge >= 0.3 is 19.7 Å². The molecule has 2 atom stereocenters. The van der Waals surface area contributed by atoms with Gasteiger partial charge in [0.15, 0.2) is 0 Å². The van der Waals surface area contributed by atoms with Crippen molar-refractivity contribution in [1.29, 1.82) is 0 Å². The molecule has 2 amide bonds. The van der Waals surface area contributed by atoms with Crippen LogP contribution in [0.15, 0.2) is 29.6 Å². The second kappa shape index (κ2) is 13.0. The number of hydrogen-bond donors (Lipinski definition) is 3. The number of hydrogen-bond acceptors (Lipinski definition) is 9. The number of thiazole rings is 1. The molecule has 0 spiro atoms. The molecule has 1 aliphatic heterocycles. The number of nitrogens with one attached hydrogen (secondary N) is 2. The monoisotopic (exact) mass is 542 g/mol. The van der Waals surface area contributed by atoms with E-state index in [-0.39, 0.29) is 12.3 Å². The Morgan fingerprint density at radius 2 is 1.97 bits per heavy atom. The van der Waals surface area contributed by atoms with Crippen LogP contribution in [0.3, 0.4) is 0 Å². The number of carbonyl (C=O) groups is 3. The fourth-order valence-corrected chi connectivity index (χ4v) is 5.25. The fourth-order valence-electron chi connectivity index (χ4n) is 3.22. The van der Waals surface area contributed by atoms with Crippen LogP contribution in [0.4, 0.5) is 9.18 Å². The smallest absolute Gasteiger partial charge is 0.375 e. The molecule has 1 fully saturated rings. The van der Waals surface area contributed by atoms with E-state index in [1.54, 1.807) is 0 Å². The number of rotatable bonds is 10. The maximum Gasteiger partial charge on any atom is 0.417 e. The summed E-state index contributed by atoms with van der Waals surface area (Å²) >= 11 is 1.12. The number of unbranched alkanes of at least 4 members (excludes halogenated alkanes) is 1. The van der Waals surface area contributed by atoms with E-state index in [1.165, 1.54) is 34.5 Å². The summed E-state index contributed by atoms with van der Waals surface area (Å²) in [6.45, 7) is 3.58. The molecule has 36 heavy (non-hydrogen) atoms. The first-order chi connectivity index (χ1) is 17.2. The van der Waals surface area contributed by atoms with Gasteiger partial charge in [0.25, 0.3) is 5.91 Å². The van der Waals surface area contributed by atoms with Crippen molar-refractivity contribution in [2.45, 2.75) is 25.8 Å². The third-order valence-electron chi connectivity index (χ3n) is 5.19. The minimum absolute atomic E-state index is 0.00713. The average molecular weight is 543 g/mol. The topological polar surface area (TPSA) is 147 Å². The number of nitrogens with zero attached hydrogens (tertiary/aromatic N) is 2. The van der Waals surface area contributed by atoms with E-state index in [2.05, 4.69) is 15.6 Å². The number of amides is 2. The van der Waals surface area contributed by atoms with Crippen molar-refractivity contribution in [2.75, 3.05) is 38.9 Å². The number of halogens is 1. The van der Waals surface area contributed by atoms with Crippen LogP contribution >= 0.6 is 18.9 Å². The second-order valence-electron chi connectivity index (χ2n) is 8.00. The van der Waals surface area contributed by atoms with Gasteiger partial charge in [0.1, 0.15) is 22.6 Å². The Balaban J connectivity index is 1.72. The lowest BCUT2D eigenvalue weighted by Gasteiger charge is -2.27. The fraction of sp³-hybridized carbons (Fsp3) is 0.455. The molecular formula is C22H28FN4O7PS. The molecule has 3 rings (SSSR count). The Bertz CT molecular complexity index is 1110. The molecule has 11 nitrogen and oxygen atoms in total. The molecule has 1 aromatic carbocycles. The third-order valence-corrected chi connectivity index (χ3v) is 7.49. The number of aromatic nitrogens is 1. The number of piperazine rings is 1. The summed E-state index contributed by atoms with van der Waals surface area (Å²) in [5, 5.41) is 7.26. The highest BCUT2D eigenvalue weighted by Crippen LogP contribution is 2.42. The van der Waals surface area contributed by atoms with Crippen LogP contribution in [0.1, 0.15) is 30.3 Å². The molecule has 0 radical (unpaired) electrons. The van der Waals surface area contributed by atoms with Gasteiger partial charge in [0, 0.05) is 37.1 Å². The number of esters is 1. The molecular weight excluding hydrogens is 514 g/mol. The largest absolute Gasteiger partial charge is 0.417 e. The Morgan fingerprint density at radius 3 is 2.64 bits per heavy atom. The highest BCUT2D eigenvalue weighted by Gasteiger charge is 2.35. The van der Waals surface area contributed by atoms with Crippen LogP contribution < -0.4 is 10.6 Å². The second-order valence-corrected chi connectivity index (χ2v) is 10.8. The van der Waals surface area contributed by atoms with Crippen LogP contribution in [0.2, 0.25) is 0 Å². The lowest BCUT2D eigenvalue weighted by atomic mass is 10.2. The first kappa shape index (κ1) is 27.9. The highest BCUT2D eigenvalue weighted by molar-refractivity contribution is 7.52. The molecule has 2 unspecified atom stereocenters. The molecule has 0 saturated carbocycles. The van der Waals surface area contributed by atoms with Crippen molar-refractivity contribution in [2.24, 2.45) is 0 Å². The lowest BCUT2D eigenvalue weighted by Crippen LogP contribution is -2.50. The molecule has 1 saturated heterocycles. The van der Waals surface area contributed by atoms with Crippen LogP contribution in [-0.4, -0.2) is 77.7 Å². The molecule has 3 N–H and O–H groups in total. The maximum absolute atomic E-state index is 13.2. The van der Waals surface area contributed by atoms with E-state index < -0.39 is 43.6 Å². The summed E-state index contributed by atoms with van der Waals surface area (Å²) in [6, 6.07) is 3.89. The highest BCUT2D eigenvalue weighted by atomic mass is 32.1. The minimum Gasteiger partial charge on any atom is -0.375 e. The van der Waals surface area contributed by atoms with E-state index in [0.29, 0.717) is 43.2 Å². The first-order valence-electron chi connectivity index (χ1n) is 11.4. The standard InChI is InChI=1S/C22H28FN4O7PS/c1-2-3-12-33-35(31,32)13-17(21(29)34-22(30)27-10-8-24-9-11-27)25-19(28)18-14-36-20(26-18)15-4-6-16(23)7-5-15/h4-7,14,17,24H,2-3,8-13H2,1H3,(H,25,28)(H,31,32). The minimum atomic E-state index is -4.31. The van der Waals surface area contributed by atoms with Gasteiger partial charge < -0.3 is 29.7 Å². The quantitative estimate of drug-likeness (QED) is 0.178. The van der Waals surface area contributed by atoms with Gasteiger partial charge in [-0.1, -0.05) is 13.3 Å². The van der Waals surface area contributed by atoms with Gasteiger partial charge in [-0.3, -0.25) is 9.36 Å². The number of benzene rings is 1. The van der Waals surface area contributed by atoms with Gasteiger partial charge in [-0.15, -0.1) is 11.3 Å². The summed E-state index contributed by atoms with van der Waals surface area (Å²) in [7, 11) is -4.31. The van der Waals surface area contributed by atoms with Crippen molar-refractivity contribution >= 4 is 36.9 Å². The Morgan fingerprint density at radius 1 is 1.28 bits per heavy atom. The van der Waals surface area contributed by atoms with Gasteiger partial charge in [0.2, 0.25) is 0 Å². The van der Waals surface area contributed by atoms with Crippen molar-refractivity contribution in [1.82, 2.24) is 20.5 Å². The third kappa shape index (κ3) is 8.17. The summed E-state index contributed by atoms with van der Waals surface area (Å²) < 4.78 is 35.7. The predicted octanol–water partition coefficient (Wildman–Crippen LogP) is 2.62. The molecule has 1 aliphatic rings. The van der Waals surface area contributed by atoms with Crippen molar-refractivity contribution in [3.05, 3.63) is 41.2 Å². The zero-order chi connectivity index (χ0) is 26.1. The summed E-state index contributed by atoms with van der Waals surface area (Å²) in [4.78, 5) is 53.7. The van der Waals surface area contributed by atoms with Crippen LogP contribution in [0.5, 0.6) is 0 Å². The molecule has 0 bridgehead atoms.